The maximum absolute atomic E-state index is 12.4. The number of hydrogen-bond donors (Lipinski definition) is 3. The first kappa shape index (κ1) is 13.7. The molecule has 110 valence electrons. The molecule has 0 atom stereocenters. The van der Waals surface area contributed by atoms with Gasteiger partial charge < -0.3 is 15.6 Å². The zero-order chi connectivity index (χ0) is 14.3. The number of nitrogen functional groups attached to an aromatic ring is 1. The molecule has 0 amide bonds. The molecule has 0 aromatic heterocycles. The van der Waals surface area contributed by atoms with E-state index in [1.807, 2.05) is 0 Å². The summed E-state index contributed by atoms with van der Waals surface area (Å²) in [7, 11) is -3.67. The van der Waals surface area contributed by atoms with Crippen LogP contribution in [0.4, 0.5) is 5.69 Å². The van der Waals surface area contributed by atoms with Gasteiger partial charge in [-0.1, -0.05) is 0 Å². The van der Waals surface area contributed by atoms with E-state index >= 15 is 0 Å². The number of nitrogens with one attached hydrogen (secondary N) is 1. The van der Waals surface area contributed by atoms with E-state index in [-0.39, 0.29) is 10.9 Å². The molecule has 1 heterocycles. The minimum Gasteiger partial charge on any atom is -0.492 e. The van der Waals surface area contributed by atoms with Crippen molar-refractivity contribution < 1.29 is 18.3 Å². The molecular formula is C13H18N2O4S. The summed E-state index contributed by atoms with van der Waals surface area (Å²) >= 11 is 0. The molecule has 0 spiro atoms. The number of rotatable bonds is 3. The summed E-state index contributed by atoms with van der Waals surface area (Å²) in [5, 5.41) is 9.24. The molecule has 7 heteroatoms. The maximum Gasteiger partial charge on any atom is 0.244 e. The van der Waals surface area contributed by atoms with E-state index in [0.717, 1.165) is 18.4 Å². The standard InChI is InChI=1S/C13H18N2O4S/c14-9-4-8-2-1-3-19-13(8)12(5-9)20(17,18)15-10-6-11(16)7-10/h4-5,10-11,15-16H,1-3,6-7,14H2. The van der Waals surface area contributed by atoms with Crippen molar-refractivity contribution in [3.8, 4) is 5.75 Å². The fourth-order valence-corrected chi connectivity index (χ4v) is 4.12. The van der Waals surface area contributed by atoms with Crippen molar-refractivity contribution in [1.82, 2.24) is 4.72 Å². The lowest BCUT2D eigenvalue weighted by atomic mass is 9.91. The van der Waals surface area contributed by atoms with Crippen molar-refractivity contribution >= 4 is 15.7 Å². The smallest absolute Gasteiger partial charge is 0.244 e. The first-order chi connectivity index (χ1) is 9.45. The van der Waals surface area contributed by atoms with Gasteiger partial charge in [-0.15, -0.1) is 0 Å². The summed E-state index contributed by atoms with van der Waals surface area (Å²) in [6.45, 7) is 0.515. The Kier molecular flexibility index (Phi) is 3.35. The van der Waals surface area contributed by atoms with E-state index in [9.17, 15) is 13.5 Å². The monoisotopic (exact) mass is 298 g/mol. The fraction of sp³-hybridized carbons (Fsp3) is 0.538. The average Bonchev–Trinajstić information content (AvgIpc) is 2.35. The van der Waals surface area contributed by atoms with Crippen LogP contribution in [0, 0.1) is 0 Å². The minimum absolute atomic E-state index is 0.105. The Hall–Kier alpha value is -1.31. The lowest BCUT2D eigenvalue weighted by molar-refractivity contribution is 0.0712. The molecule has 0 bridgehead atoms. The van der Waals surface area contributed by atoms with Crippen molar-refractivity contribution in [1.29, 1.82) is 0 Å². The Morgan fingerprint density at radius 2 is 2.10 bits per heavy atom. The van der Waals surface area contributed by atoms with Crippen molar-refractivity contribution in [2.45, 2.75) is 42.7 Å². The van der Waals surface area contributed by atoms with Crippen molar-refractivity contribution in [2.75, 3.05) is 12.3 Å². The second kappa shape index (κ2) is 4.91. The number of anilines is 1. The van der Waals surface area contributed by atoms with Gasteiger partial charge in [0.15, 0.2) is 0 Å². The van der Waals surface area contributed by atoms with Crippen molar-refractivity contribution in [3.63, 3.8) is 0 Å². The van der Waals surface area contributed by atoms with Gasteiger partial charge in [0.2, 0.25) is 10.0 Å². The van der Waals surface area contributed by atoms with Gasteiger partial charge in [0.1, 0.15) is 10.6 Å². The molecule has 1 fully saturated rings. The largest absolute Gasteiger partial charge is 0.492 e. The van der Waals surface area contributed by atoms with Crippen LogP contribution in [0.2, 0.25) is 0 Å². The van der Waals surface area contributed by atoms with Crippen LogP contribution in [0.5, 0.6) is 5.75 Å². The second-order valence-corrected chi connectivity index (χ2v) is 7.09. The van der Waals surface area contributed by atoms with Crippen LogP contribution in [0.15, 0.2) is 17.0 Å². The molecule has 20 heavy (non-hydrogen) atoms. The van der Waals surface area contributed by atoms with E-state index in [4.69, 9.17) is 10.5 Å². The number of nitrogens with two attached hydrogens (primary N) is 1. The van der Waals surface area contributed by atoms with Gasteiger partial charge >= 0.3 is 0 Å². The van der Waals surface area contributed by atoms with Crippen molar-refractivity contribution in [3.05, 3.63) is 17.7 Å². The van der Waals surface area contributed by atoms with Gasteiger partial charge in [-0.3, -0.25) is 0 Å². The molecule has 6 nitrogen and oxygen atoms in total. The molecule has 1 aromatic rings. The number of aliphatic hydroxyl groups is 1. The lowest BCUT2D eigenvalue weighted by Crippen LogP contribution is -2.46. The van der Waals surface area contributed by atoms with Gasteiger partial charge in [0.05, 0.1) is 12.7 Å². The van der Waals surface area contributed by atoms with Crippen LogP contribution >= 0.6 is 0 Å². The summed E-state index contributed by atoms with van der Waals surface area (Å²) < 4.78 is 33.0. The van der Waals surface area contributed by atoms with E-state index in [1.54, 1.807) is 6.07 Å². The van der Waals surface area contributed by atoms with Gasteiger partial charge in [-0.2, -0.15) is 0 Å². The predicted molar refractivity (Wildman–Crippen MR) is 74.0 cm³/mol. The Labute approximate surface area is 118 Å². The van der Waals surface area contributed by atoms with Gasteiger partial charge in [0, 0.05) is 11.7 Å². The highest BCUT2D eigenvalue weighted by atomic mass is 32.2. The highest BCUT2D eigenvalue weighted by Crippen LogP contribution is 2.35. The molecule has 4 N–H and O–H groups in total. The molecule has 1 aliphatic carbocycles. The minimum atomic E-state index is -3.67. The van der Waals surface area contributed by atoms with E-state index < -0.39 is 16.1 Å². The van der Waals surface area contributed by atoms with Crippen LogP contribution in [0.1, 0.15) is 24.8 Å². The third-order valence-corrected chi connectivity index (χ3v) is 5.24. The molecule has 2 aliphatic rings. The van der Waals surface area contributed by atoms with Crippen LogP contribution < -0.4 is 15.2 Å². The third-order valence-electron chi connectivity index (χ3n) is 3.72. The number of benzene rings is 1. The molecule has 0 unspecified atom stereocenters. The Morgan fingerprint density at radius 1 is 1.35 bits per heavy atom. The Balaban J connectivity index is 1.94. The summed E-state index contributed by atoms with van der Waals surface area (Å²) in [6, 6.07) is 2.98. The topological polar surface area (TPSA) is 102 Å². The molecule has 1 saturated carbocycles. The van der Waals surface area contributed by atoms with Gasteiger partial charge in [-0.05, 0) is 43.4 Å². The number of ether oxygens (including phenoxy) is 1. The summed E-state index contributed by atoms with van der Waals surface area (Å²) in [5.41, 5.74) is 7.05. The SMILES string of the molecule is Nc1cc2c(c(S(=O)(=O)NC3CC(O)C3)c1)OCCC2. The number of hydrogen-bond acceptors (Lipinski definition) is 5. The van der Waals surface area contributed by atoms with E-state index in [0.29, 0.717) is 30.9 Å². The molecule has 0 saturated heterocycles. The second-order valence-electron chi connectivity index (χ2n) is 5.40. The van der Waals surface area contributed by atoms with Crippen LogP contribution in [-0.4, -0.2) is 32.3 Å². The number of aliphatic hydroxyl groups excluding tert-OH is 1. The lowest BCUT2D eigenvalue weighted by Gasteiger charge is -2.32. The first-order valence-corrected chi connectivity index (χ1v) is 8.19. The van der Waals surface area contributed by atoms with Gasteiger partial charge in [0.25, 0.3) is 0 Å². The highest BCUT2D eigenvalue weighted by molar-refractivity contribution is 7.89. The summed E-state index contributed by atoms with van der Waals surface area (Å²) in [6.07, 6.45) is 2.12. The highest BCUT2D eigenvalue weighted by Gasteiger charge is 2.33. The third kappa shape index (κ3) is 2.48. The number of fused-ring (bicyclic) bond motifs is 1. The fourth-order valence-electron chi connectivity index (χ4n) is 2.64. The molecule has 1 aliphatic heterocycles. The molecule has 3 rings (SSSR count). The van der Waals surface area contributed by atoms with Crippen LogP contribution in [0.3, 0.4) is 0 Å². The van der Waals surface area contributed by atoms with Crippen LogP contribution in [0.25, 0.3) is 0 Å². The zero-order valence-electron chi connectivity index (χ0n) is 11.0. The summed E-state index contributed by atoms with van der Waals surface area (Å²) in [5.74, 6) is 0.415. The Morgan fingerprint density at radius 3 is 2.80 bits per heavy atom. The number of aryl methyl sites for hydroxylation is 1. The molecular weight excluding hydrogens is 280 g/mol. The predicted octanol–water partition coefficient (Wildman–Crippen LogP) is 0.395. The zero-order valence-corrected chi connectivity index (χ0v) is 11.8. The molecule has 0 radical (unpaired) electrons. The molecule has 1 aromatic carbocycles. The summed E-state index contributed by atoms with van der Waals surface area (Å²) in [4.78, 5) is 0.105. The quantitative estimate of drug-likeness (QED) is 0.701. The van der Waals surface area contributed by atoms with Crippen molar-refractivity contribution in [2.24, 2.45) is 0 Å². The van der Waals surface area contributed by atoms with E-state index in [2.05, 4.69) is 4.72 Å². The Bertz CT molecular complexity index is 624. The average molecular weight is 298 g/mol. The normalized spacial score (nSPS) is 25.4. The van der Waals surface area contributed by atoms with Crippen LogP contribution in [-0.2, 0) is 16.4 Å². The van der Waals surface area contributed by atoms with E-state index in [1.165, 1.54) is 6.07 Å². The first-order valence-electron chi connectivity index (χ1n) is 6.71. The maximum atomic E-state index is 12.4. The number of sulfonamides is 1. The van der Waals surface area contributed by atoms with Gasteiger partial charge in [-0.25, -0.2) is 13.1 Å².